The fraction of sp³-hybridized carbons (Fsp3) is 0.611. The molecule has 0 spiro atoms. The van der Waals surface area contributed by atoms with E-state index in [0.717, 1.165) is 25.0 Å². The maximum atomic E-state index is 11.7. The van der Waals surface area contributed by atoms with E-state index in [2.05, 4.69) is 44.3 Å². The Labute approximate surface area is 138 Å². The van der Waals surface area contributed by atoms with Gasteiger partial charge < -0.3 is 10.1 Å². The van der Waals surface area contributed by atoms with Crippen LogP contribution < -0.4 is 10.1 Å². The summed E-state index contributed by atoms with van der Waals surface area (Å²) in [5.41, 5.74) is 2.71. The number of hydrogen-bond donors (Lipinski definition) is 1. The van der Waals surface area contributed by atoms with Crippen LogP contribution in [0.5, 0.6) is 5.75 Å². The summed E-state index contributed by atoms with van der Waals surface area (Å²) in [5, 5.41) is 2.96. The number of rotatable bonds is 6. The number of benzene rings is 1. The summed E-state index contributed by atoms with van der Waals surface area (Å²) in [6.07, 6.45) is 3.18. The molecule has 1 aromatic rings. The smallest absolute Gasteiger partial charge is 0.220 e. The van der Waals surface area contributed by atoms with E-state index >= 15 is 0 Å². The molecule has 4 heteroatoms. The molecule has 2 rings (SSSR count). The molecule has 0 radical (unpaired) electrons. The molecule has 1 aliphatic heterocycles. The number of fused-ring (bicyclic) bond motifs is 1. The maximum Gasteiger partial charge on any atom is 0.220 e. The lowest BCUT2D eigenvalue weighted by atomic mass is 9.86. The number of halogens is 1. The minimum atomic E-state index is 0.0437. The van der Waals surface area contributed by atoms with Gasteiger partial charge in [0.25, 0.3) is 0 Å². The average molecular weight is 324 g/mol. The van der Waals surface area contributed by atoms with Crippen LogP contribution in [0.4, 0.5) is 0 Å². The molecule has 1 amide bonds. The lowest BCUT2D eigenvalue weighted by Crippen LogP contribution is -2.34. The van der Waals surface area contributed by atoms with Gasteiger partial charge in [0.1, 0.15) is 11.9 Å². The van der Waals surface area contributed by atoms with Gasteiger partial charge in [0.15, 0.2) is 0 Å². The molecule has 0 bridgehead atoms. The topological polar surface area (TPSA) is 38.3 Å². The number of unbranched alkanes of at least 4 members (excludes halogenated alkanes) is 1. The van der Waals surface area contributed by atoms with Gasteiger partial charge >= 0.3 is 0 Å². The van der Waals surface area contributed by atoms with Gasteiger partial charge in [-0.15, -0.1) is 11.6 Å². The summed E-state index contributed by atoms with van der Waals surface area (Å²) >= 11 is 5.61. The zero-order valence-electron chi connectivity index (χ0n) is 13.7. The molecule has 1 heterocycles. The van der Waals surface area contributed by atoms with Gasteiger partial charge in [-0.3, -0.25) is 4.79 Å². The molecular formula is C18H26ClNO2. The third-order valence-electron chi connectivity index (χ3n) is 3.98. The monoisotopic (exact) mass is 323 g/mol. The Morgan fingerprint density at radius 3 is 2.82 bits per heavy atom. The predicted molar refractivity (Wildman–Crippen MR) is 90.8 cm³/mol. The molecule has 0 unspecified atom stereocenters. The van der Waals surface area contributed by atoms with E-state index in [0.29, 0.717) is 18.8 Å². The Morgan fingerprint density at radius 2 is 2.14 bits per heavy atom. The van der Waals surface area contributed by atoms with Crippen LogP contribution in [0, 0.1) is 0 Å². The second-order valence-electron chi connectivity index (χ2n) is 6.97. The fourth-order valence-corrected chi connectivity index (χ4v) is 2.79. The molecule has 0 saturated heterocycles. The van der Waals surface area contributed by atoms with Crippen molar-refractivity contribution in [1.82, 2.24) is 5.32 Å². The summed E-state index contributed by atoms with van der Waals surface area (Å²) < 4.78 is 5.91. The second kappa shape index (κ2) is 7.36. The largest absolute Gasteiger partial charge is 0.488 e. The van der Waals surface area contributed by atoms with E-state index in [4.69, 9.17) is 16.3 Å². The summed E-state index contributed by atoms with van der Waals surface area (Å²) in [7, 11) is 0. The number of amides is 1. The zero-order valence-corrected chi connectivity index (χ0v) is 14.5. The lowest BCUT2D eigenvalue weighted by molar-refractivity contribution is -0.121. The minimum absolute atomic E-state index is 0.0437. The maximum absolute atomic E-state index is 11.7. The summed E-state index contributed by atoms with van der Waals surface area (Å²) in [5.74, 6) is 1.65. The van der Waals surface area contributed by atoms with Crippen LogP contribution in [0.2, 0.25) is 0 Å². The number of hydrogen-bond acceptors (Lipinski definition) is 2. The SMILES string of the molecule is CC(C)(C)c1ccc2c(c1)C[C@H](CNC(=O)CCCCCl)O2. The third-order valence-corrected chi connectivity index (χ3v) is 4.25. The fourth-order valence-electron chi connectivity index (χ4n) is 2.60. The van der Waals surface area contributed by atoms with E-state index in [1.165, 1.54) is 11.1 Å². The second-order valence-corrected chi connectivity index (χ2v) is 7.34. The molecular weight excluding hydrogens is 298 g/mol. The Bertz CT molecular complexity index is 522. The van der Waals surface area contributed by atoms with E-state index < -0.39 is 0 Å². The van der Waals surface area contributed by atoms with E-state index in [1.807, 2.05) is 0 Å². The molecule has 0 saturated carbocycles. The first-order chi connectivity index (χ1) is 10.4. The van der Waals surface area contributed by atoms with Gasteiger partial charge in [-0.25, -0.2) is 0 Å². The molecule has 0 aromatic heterocycles. The number of nitrogens with one attached hydrogen (secondary N) is 1. The number of ether oxygens (including phenoxy) is 1. The van der Waals surface area contributed by atoms with Crippen molar-refractivity contribution in [2.45, 2.75) is 58.0 Å². The zero-order chi connectivity index (χ0) is 16.2. The van der Waals surface area contributed by atoms with E-state index in [1.54, 1.807) is 0 Å². The number of alkyl halides is 1. The van der Waals surface area contributed by atoms with Crippen molar-refractivity contribution < 1.29 is 9.53 Å². The Morgan fingerprint density at radius 1 is 1.36 bits per heavy atom. The molecule has 0 fully saturated rings. The van der Waals surface area contributed by atoms with Gasteiger partial charge in [-0.1, -0.05) is 32.9 Å². The molecule has 3 nitrogen and oxygen atoms in total. The molecule has 22 heavy (non-hydrogen) atoms. The highest BCUT2D eigenvalue weighted by molar-refractivity contribution is 6.17. The quantitative estimate of drug-likeness (QED) is 0.638. The number of carbonyl (C=O) groups is 1. The number of carbonyl (C=O) groups excluding carboxylic acids is 1. The van der Waals surface area contributed by atoms with Gasteiger partial charge in [-0.2, -0.15) is 0 Å². The summed E-state index contributed by atoms with van der Waals surface area (Å²) in [6.45, 7) is 7.20. The average Bonchev–Trinajstić information content (AvgIpc) is 2.86. The first-order valence-corrected chi connectivity index (χ1v) is 8.56. The molecule has 122 valence electrons. The van der Waals surface area contributed by atoms with Gasteiger partial charge in [0, 0.05) is 18.7 Å². The van der Waals surface area contributed by atoms with E-state index in [9.17, 15) is 4.79 Å². The summed E-state index contributed by atoms with van der Waals surface area (Å²) in [4.78, 5) is 11.7. The van der Waals surface area contributed by atoms with Crippen LogP contribution in [0.3, 0.4) is 0 Å². The standard InChI is InChI=1S/C18H26ClNO2/c1-18(2,3)14-7-8-16-13(10-14)11-15(22-16)12-20-17(21)6-4-5-9-19/h7-8,10,15H,4-6,9,11-12H2,1-3H3,(H,20,21)/t15-/m1/s1. The Balaban J connectivity index is 1.84. The van der Waals surface area contributed by atoms with Crippen molar-refractivity contribution in [3.8, 4) is 5.75 Å². The Hall–Kier alpha value is -1.22. The Kier molecular flexibility index (Phi) is 5.74. The van der Waals surface area contributed by atoms with Crippen LogP contribution in [0.25, 0.3) is 0 Å². The van der Waals surface area contributed by atoms with Crippen LogP contribution >= 0.6 is 11.6 Å². The van der Waals surface area contributed by atoms with Crippen molar-refractivity contribution in [3.63, 3.8) is 0 Å². The summed E-state index contributed by atoms with van der Waals surface area (Å²) in [6, 6.07) is 6.42. The predicted octanol–water partition coefficient (Wildman–Crippen LogP) is 3.81. The highest BCUT2D eigenvalue weighted by atomic mass is 35.5. The normalized spacial score (nSPS) is 17.0. The van der Waals surface area contributed by atoms with Crippen LogP contribution in [-0.2, 0) is 16.6 Å². The van der Waals surface area contributed by atoms with Crippen molar-refractivity contribution in [2.75, 3.05) is 12.4 Å². The third kappa shape index (κ3) is 4.64. The first kappa shape index (κ1) is 17.1. The van der Waals surface area contributed by atoms with Crippen molar-refractivity contribution in [3.05, 3.63) is 29.3 Å². The molecule has 0 aliphatic carbocycles. The molecule has 1 aromatic carbocycles. The van der Waals surface area contributed by atoms with Crippen molar-refractivity contribution >= 4 is 17.5 Å². The van der Waals surface area contributed by atoms with Crippen molar-refractivity contribution in [2.24, 2.45) is 0 Å². The molecule has 1 aliphatic rings. The van der Waals surface area contributed by atoms with Crippen LogP contribution in [0.1, 0.15) is 51.2 Å². The first-order valence-electron chi connectivity index (χ1n) is 8.03. The lowest BCUT2D eigenvalue weighted by Gasteiger charge is -2.19. The molecule has 1 N–H and O–H groups in total. The highest BCUT2D eigenvalue weighted by Gasteiger charge is 2.25. The van der Waals surface area contributed by atoms with Gasteiger partial charge in [0.05, 0.1) is 6.54 Å². The van der Waals surface area contributed by atoms with Gasteiger partial charge in [0.2, 0.25) is 5.91 Å². The van der Waals surface area contributed by atoms with Crippen LogP contribution in [0.15, 0.2) is 18.2 Å². The van der Waals surface area contributed by atoms with Crippen LogP contribution in [-0.4, -0.2) is 24.4 Å². The molecule has 1 atom stereocenters. The van der Waals surface area contributed by atoms with Gasteiger partial charge in [-0.05, 0) is 35.4 Å². The minimum Gasteiger partial charge on any atom is -0.488 e. The van der Waals surface area contributed by atoms with E-state index in [-0.39, 0.29) is 17.4 Å². The van der Waals surface area contributed by atoms with Crippen molar-refractivity contribution in [1.29, 1.82) is 0 Å². The highest BCUT2D eigenvalue weighted by Crippen LogP contribution is 2.33.